The van der Waals surface area contributed by atoms with Gasteiger partial charge in [-0.15, -0.1) is 24.8 Å². The van der Waals surface area contributed by atoms with E-state index in [1.54, 1.807) is 0 Å². The predicted octanol–water partition coefficient (Wildman–Crippen LogP) is 1.51. The van der Waals surface area contributed by atoms with Gasteiger partial charge in [-0.25, -0.2) is 0 Å². The SMILES string of the molecule is CCC1CN(C(=O)C2C3CCC(C3)C2N)CCN1CC(C)O.Cl.Cl. The molecule has 7 heteroatoms. The number of halogens is 2. The zero-order chi connectivity index (χ0) is 15.9. The van der Waals surface area contributed by atoms with Crippen LogP contribution in [0.3, 0.4) is 0 Å². The molecule has 24 heavy (non-hydrogen) atoms. The van der Waals surface area contributed by atoms with Crippen LogP contribution in [-0.4, -0.2) is 65.2 Å². The van der Waals surface area contributed by atoms with Gasteiger partial charge in [-0.3, -0.25) is 9.69 Å². The summed E-state index contributed by atoms with van der Waals surface area (Å²) in [5.74, 6) is 1.48. The van der Waals surface area contributed by atoms with Crippen LogP contribution in [0.5, 0.6) is 0 Å². The van der Waals surface area contributed by atoms with Crippen molar-refractivity contribution in [1.82, 2.24) is 9.80 Å². The molecule has 0 aromatic rings. The van der Waals surface area contributed by atoms with Crippen molar-refractivity contribution < 1.29 is 9.90 Å². The van der Waals surface area contributed by atoms with Crippen molar-refractivity contribution in [2.75, 3.05) is 26.2 Å². The fourth-order valence-electron chi connectivity index (χ4n) is 4.97. The van der Waals surface area contributed by atoms with Gasteiger partial charge < -0.3 is 15.7 Å². The van der Waals surface area contributed by atoms with Crippen molar-refractivity contribution in [2.45, 2.75) is 57.7 Å². The van der Waals surface area contributed by atoms with Crippen molar-refractivity contribution in [2.24, 2.45) is 23.5 Å². The molecule has 142 valence electrons. The quantitative estimate of drug-likeness (QED) is 0.773. The summed E-state index contributed by atoms with van der Waals surface area (Å²) >= 11 is 0. The Kier molecular flexibility index (Phi) is 8.27. The Labute approximate surface area is 158 Å². The van der Waals surface area contributed by atoms with E-state index in [0.717, 1.165) is 32.5 Å². The van der Waals surface area contributed by atoms with Gasteiger partial charge >= 0.3 is 0 Å². The number of fused-ring (bicyclic) bond motifs is 2. The number of nitrogens with zero attached hydrogens (tertiary/aromatic N) is 2. The molecule has 6 unspecified atom stereocenters. The smallest absolute Gasteiger partial charge is 0.227 e. The highest BCUT2D eigenvalue weighted by molar-refractivity contribution is 5.85. The fraction of sp³-hybridized carbons (Fsp3) is 0.941. The minimum Gasteiger partial charge on any atom is -0.392 e. The molecule has 1 saturated heterocycles. The number of nitrogens with two attached hydrogens (primary N) is 1. The maximum Gasteiger partial charge on any atom is 0.227 e. The largest absolute Gasteiger partial charge is 0.392 e. The van der Waals surface area contributed by atoms with Gasteiger partial charge in [0.1, 0.15) is 0 Å². The average Bonchev–Trinajstić information content (AvgIpc) is 3.07. The Bertz CT molecular complexity index is 423. The molecule has 1 aliphatic heterocycles. The number of carbonyl (C=O) groups is 1. The van der Waals surface area contributed by atoms with Crippen molar-refractivity contribution >= 4 is 30.7 Å². The number of aliphatic hydroxyl groups excluding tert-OH is 1. The summed E-state index contributed by atoms with van der Waals surface area (Å²) in [6.07, 6.45) is 4.27. The Hall–Kier alpha value is -0.0700. The van der Waals surface area contributed by atoms with Gasteiger partial charge in [0.25, 0.3) is 0 Å². The van der Waals surface area contributed by atoms with Crippen LogP contribution in [-0.2, 0) is 4.79 Å². The molecule has 5 nitrogen and oxygen atoms in total. The number of rotatable bonds is 4. The fourth-order valence-corrected chi connectivity index (χ4v) is 4.97. The first-order chi connectivity index (χ1) is 10.5. The first-order valence-corrected chi connectivity index (χ1v) is 8.97. The molecule has 0 aromatic heterocycles. The Balaban J connectivity index is 0.00000144. The van der Waals surface area contributed by atoms with Crippen molar-refractivity contribution in [3.8, 4) is 0 Å². The average molecular weight is 382 g/mol. The van der Waals surface area contributed by atoms with E-state index in [0.29, 0.717) is 30.3 Å². The van der Waals surface area contributed by atoms with Crippen LogP contribution in [0.2, 0.25) is 0 Å². The lowest BCUT2D eigenvalue weighted by molar-refractivity contribution is -0.141. The van der Waals surface area contributed by atoms with E-state index in [2.05, 4.69) is 16.7 Å². The third-order valence-electron chi connectivity index (χ3n) is 6.15. The lowest BCUT2D eigenvalue weighted by atomic mass is 9.83. The second kappa shape index (κ2) is 9.04. The summed E-state index contributed by atoms with van der Waals surface area (Å²) in [5, 5.41) is 9.63. The number of hydrogen-bond donors (Lipinski definition) is 2. The van der Waals surface area contributed by atoms with Crippen LogP contribution in [0.15, 0.2) is 0 Å². The normalized spacial score (nSPS) is 36.8. The lowest BCUT2D eigenvalue weighted by Crippen LogP contribution is -2.58. The first-order valence-electron chi connectivity index (χ1n) is 8.97. The van der Waals surface area contributed by atoms with E-state index in [9.17, 15) is 9.90 Å². The minimum absolute atomic E-state index is 0. The second-order valence-electron chi connectivity index (χ2n) is 7.63. The summed E-state index contributed by atoms with van der Waals surface area (Å²) in [5.41, 5.74) is 6.34. The van der Waals surface area contributed by atoms with Crippen LogP contribution in [0.4, 0.5) is 0 Å². The van der Waals surface area contributed by atoms with Gasteiger partial charge in [-0.1, -0.05) is 6.92 Å². The van der Waals surface area contributed by atoms with E-state index >= 15 is 0 Å². The molecule has 0 radical (unpaired) electrons. The highest BCUT2D eigenvalue weighted by atomic mass is 35.5. The summed E-state index contributed by atoms with van der Waals surface area (Å²) < 4.78 is 0. The molecule has 1 amide bonds. The maximum atomic E-state index is 13.0. The molecule has 3 rings (SSSR count). The molecule has 0 spiro atoms. The number of β-amino-alcohol motifs (C(OH)–C–C–N with tert-alkyl or cyclic N) is 1. The van der Waals surface area contributed by atoms with Crippen molar-refractivity contribution in [3.63, 3.8) is 0 Å². The van der Waals surface area contributed by atoms with Crippen molar-refractivity contribution in [3.05, 3.63) is 0 Å². The Morgan fingerprint density at radius 3 is 2.46 bits per heavy atom. The van der Waals surface area contributed by atoms with E-state index in [1.165, 1.54) is 12.8 Å². The standard InChI is InChI=1S/C17H31N3O2.2ClH/c1-3-14-10-20(7-6-19(14)9-11(2)21)17(22)15-12-4-5-13(8-12)16(15)18;;/h11-16,21H,3-10,18H2,1-2H3;2*1H. The number of carbonyl (C=O) groups excluding carboxylic acids is 1. The highest BCUT2D eigenvalue weighted by Gasteiger charge is 2.50. The van der Waals surface area contributed by atoms with Crippen LogP contribution >= 0.6 is 24.8 Å². The van der Waals surface area contributed by atoms with Crippen LogP contribution in [0.1, 0.15) is 39.5 Å². The number of hydrogen-bond acceptors (Lipinski definition) is 4. The summed E-state index contributed by atoms with van der Waals surface area (Å²) in [6, 6.07) is 0.448. The number of piperazine rings is 1. The summed E-state index contributed by atoms with van der Waals surface area (Å²) in [6.45, 7) is 7.14. The topological polar surface area (TPSA) is 69.8 Å². The van der Waals surface area contributed by atoms with Crippen LogP contribution in [0.25, 0.3) is 0 Å². The molecule has 2 saturated carbocycles. The molecule has 2 bridgehead atoms. The van der Waals surface area contributed by atoms with E-state index in [4.69, 9.17) is 5.73 Å². The number of aliphatic hydroxyl groups is 1. The molecule has 6 atom stereocenters. The molecule has 3 N–H and O–H groups in total. The molecular formula is C17H33Cl2N3O2. The van der Waals surface area contributed by atoms with Gasteiger partial charge in [-0.2, -0.15) is 0 Å². The second-order valence-corrected chi connectivity index (χ2v) is 7.63. The monoisotopic (exact) mass is 381 g/mol. The minimum atomic E-state index is -0.310. The van der Waals surface area contributed by atoms with Crippen LogP contribution in [0, 0.1) is 17.8 Å². The van der Waals surface area contributed by atoms with E-state index < -0.39 is 0 Å². The van der Waals surface area contributed by atoms with E-state index in [-0.39, 0.29) is 42.9 Å². The maximum absolute atomic E-state index is 13.0. The van der Waals surface area contributed by atoms with E-state index in [1.807, 2.05) is 6.92 Å². The van der Waals surface area contributed by atoms with Gasteiger partial charge in [0.15, 0.2) is 0 Å². The zero-order valence-corrected chi connectivity index (χ0v) is 16.4. The predicted molar refractivity (Wildman–Crippen MR) is 101 cm³/mol. The first kappa shape index (κ1) is 22.0. The van der Waals surface area contributed by atoms with Crippen LogP contribution < -0.4 is 5.73 Å². The highest BCUT2D eigenvalue weighted by Crippen LogP contribution is 2.48. The molecule has 0 aromatic carbocycles. The Morgan fingerprint density at radius 2 is 1.92 bits per heavy atom. The van der Waals surface area contributed by atoms with Crippen molar-refractivity contribution in [1.29, 1.82) is 0 Å². The van der Waals surface area contributed by atoms with Gasteiger partial charge in [-0.05, 0) is 44.4 Å². The summed E-state index contributed by atoms with van der Waals surface area (Å²) in [4.78, 5) is 17.4. The third-order valence-corrected chi connectivity index (χ3v) is 6.15. The molecule has 2 aliphatic carbocycles. The molecule has 3 fully saturated rings. The number of amides is 1. The summed E-state index contributed by atoms with van der Waals surface area (Å²) in [7, 11) is 0. The lowest BCUT2D eigenvalue weighted by Gasteiger charge is -2.43. The zero-order valence-electron chi connectivity index (χ0n) is 14.8. The van der Waals surface area contributed by atoms with Gasteiger partial charge in [0, 0.05) is 38.3 Å². The molecular weight excluding hydrogens is 349 g/mol. The van der Waals surface area contributed by atoms with Gasteiger partial charge in [0.2, 0.25) is 5.91 Å². The Morgan fingerprint density at radius 1 is 1.25 bits per heavy atom. The van der Waals surface area contributed by atoms with Gasteiger partial charge in [0.05, 0.1) is 12.0 Å². The third kappa shape index (κ3) is 4.18. The molecule has 3 aliphatic rings. The molecule has 1 heterocycles.